The van der Waals surface area contributed by atoms with Gasteiger partial charge in [-0.1, -0.05) is 26.0 Å². The fraction of sp³-hybridized carbons (Fsp3) is 0.611. The van der Waals surface area contributed by atoms with Crippen LogP contribution in [0.4, 0.5) is 0 Å². The third-order valence-corrected chi connectivity index (χ3v) is 3.99. The Bertz CT molecular complexity index is 470. The molecule has 0 spiro atoms. The van der Waals surface area contributed by atoms with E-state index in [-0.39, 0.29) is 5.91 Å². The molecule has 2 rings (SSSR count). The molecule has 22 heavy (non-hydrogen) atoms. The van der Waals surface area contributed by atoms with Crippen molar-refractivity contribution < 1.29 is 9.53 Å². The quantitative estimate of drug-likeness (QED) is 0.842. The first-order valence-electron chi connectivity index (χ1n) is 8.33. The summed E-state index contributed by atoms with van der Waals surface area (Å²) in [5, 5.41) is 3.01. The molecule has 0 bridgehead atoms. The second-order valence-electron chi connectivity index (χ2n) is 6.33. The van der Waals surface area contributed by atoms with E-state index >= 15 is 0 Å². The van der Waals surface area contributed by atoms with E-state index in [1.165, 1.54) is 5.56 Å². The molecule has 1 aliphatic rings. The maximum absolute atomic E-state index is 12.0. The number of amides is 1. The van der Waals surface area contributed by atoms with Crippen molar-refractivity contribution in [3.63, 3.8) is 0 Å². The molecular weight excluding hydrogens is 276 g/mol. The Balaban J connectivity index is 1.93. The Morgan fingerprint density at radius 1 is 1.36 bits per heavy atom. The summed E-state index contributed by atoms with van der Waals surface area (Å²) >= 11 is 0. The molecule has 1 N–H and O–H groups in total. The van der Waals surface area contributed by atoms with Gasteiger partial charge in [0.2, 0.25) is 5.91 Å². The van der Waals surface area contributed by atoms with Crippen LogP contribution in [0.3, 0.4) is 0 Å². The van der Waals surface area contributed by atoms with Gasteiger partial charge >= 0.3 is 0 Å². The van der Waals surface area contributed by atoms with Crippen molar-refractivity contribution in [2.75, 3.05) is 26.2 Å². The second kappa shape index (κ2) is 8.18. The van der Waals surface area contributed by atoms with Gasteiger partial charge in [0.1, 0.15) is 5.75 Å². The van der Waals surface area contributed by atoms with Crippen molar-refractivity contribution in [3.05, 3.63) is 29.8 Å². The monoisotopic (exact) mass is 304 g/mol. The molecule has 4 nitrogen and oxygen atoms in total. The summed E-state index contributed by atoms with van der Waals surface area (Å²) in [6, 6.07) is 8.64. The van der Waals surface area contributed by atoms with Crippen molar-refractivity contribution >= 4 is 5.91 Å². The predicted octanol–water partition coefficient (Wildman–Crippen LogP) is 2.99. The summed E-state index contributed by atoms with van der Waals surface area (Å²) in [6.07, 6.45) is 2.26. The summed E-state index contributed by atoms with van der Waals surface area (Å²) in [7, 11) is 0. The van der Waals surface area contributed by atoms with E-state index in [1.54, 1.807) is 0 Å². The number of nitrogens with one attached hydrogen (secondary N) is 1. The standard InChI is InChI=1S/C18H28N2O2/c1-4-22-16-9-7-15(8-10-16)17-6-5-11-20(17)13-18(21)19-12-14(2)3/h7-10,14,17H,4-6,11-13H2,1-3H3,(H,19,21). The number of carbonyl (C=O) groups excluding carboxylic acids is 1. The molecular formula is C18H28N2O2. The molecule has 1 aromatic rings. The lowest BCUT2D eigenvalue weighted by Crippen LogP contribution is -2.38. The average Bonchev–Trinajstić information content (AvgIpc) is 2.94. The molecule has 1 aromatic carbocycles. The highest BCUT2D eigenvalue weighted by Crippen LogP contribution is 2.32. The van der Waals surface area contributed by atoms with Crippen molar-refractivity contribution in [1.82, 2.24) is 10.2 Å². The smallest absolute Gasteiger partial charge is 0.234 e. The molecule has 1 amide bonds. The van der Waals surface area contributed by atoms with Crippen LogP contribution in [0.1, 0.15) is 45.2 Å². The van der Waals surface area contributed by atoms with Crippen molar-refractivity contribution in [2.24, 2.45) is 5.92 Å². The summed E-state index contributed by atoms with van der Waals surface area (Å²) in [6.45, 7) is 9.13. The van der Waals surface area contributed by atoms with E-state index in [0.717, 1.165) is 31.7 Å². The fourth-order valence-corrected chi connectivity index (χ4v) is 2.90. The van der Waals surface area contributed by atoms with E-state index in [2.05, 4.69) is 36.2 Å². The third-order valence-electron chi connectivity index (χ3n) is 3.99. The topological polar surface area (TPSA) is 41.6 Å². The highest BCUT2D eigenvalue weighted by Gasteiger charge is 2.27. The van der Waals surface area contributed by atoms with E-state index in [1.807, 2.05) is 19.1 Å². The number of hydrogen-bond acceptors (Lipinski definition) is 3. The number of ether oxygens (including phenoxy) is 1. The zero-order chi connectivity index (χ0) is 15.9. The number of likely N-dealkylation sites (tertiary alicyclic amines) is 1. The zero-order valence-electron chi connectivity index (χ0n) is 14.0. The molecule has 122 valence electrons. The molecule has 0 aromatic heterocycles. The Morgan fingerprint density at radius 3 is 2.73 bits per heavy atom. The molecule has 1 aliphatic heterocycles. The van der Waals surface area contributed by atoms with Crippen molar-refractivity contribution in [2.45, 2.75) is 39.7 Å². The maximum Gasteiger partial charge on any atom is 0.234 e. The van der Waals surface area contributed by atoms with Gasteiger partial charge in [-0.05, 0) is 49.9 Å². The number of benzene rings is 1. The van der Waals surface area contributed by atoms with Gasteiger partial charge in [-0.3, -0.25) is 9.69 Å². The van der Waals surface area contributed by atoms with Gasteiger partial charge in [0.05, 0.1) is 13.2 Å². The first-order valence-corrected chi connectivity index (χ1v) is 8.33. The SMILES string of the molecule is CCOc1ccc(C2CCCN2CC(=O)NCC(C)C)cc1. The number of hydrogen-bond donors (Lipinski definition) is 1. The summed E-state index contributed by atoms with van der Waals surface area (Å²) in [5.74, 6) is 1.53. The zero-order valence-corrected chi connectivity index (χ0v) is 14.0. The van der Waals surface area contributed by atoms with Crippen LogP contribution in [0.15, 0.2) is 24.3 Å². The summed E-state index contributed by atoms with van der Waals surface area (Å²) < 4.78 is 5.49. The largest absolute Gasteiger partial charge is 0.494 e. The van der Waals surface area contributed by atoms with Crippen LogP contribution in [0.2, 0.25) is 0 Å². The second-order valence-corrected chi connectivity index (χ2v) is 6.33. The van der Waals surface area contributed by atoms with Crippen LogP contribution in [0.5, 0.6) is 5.75 Å². The lowest BCUT2D eigenvalue weighted by Gasteiger charge is -2.24. The van der Waals surface area contributed by atoms with Crippen molar-refractivity contribution in [1.29, 1.82) is 0 Å². The predicted molar refractivity (Wildman–Crippen MR) is 89.0 cm³/mol. The van der Waals surface area contributed by atoms with Gasteiger partial charge in [-0.2, -0.15) is 0 Å². The van der Waals surface area contributed by atoms with E-state index in [4.69, 9.17) is 4.74 Å². The van der Waals surface area contributed by atoms with Crippen LogP contribution in [-0.2, 0) is 4.79 Å². The van der Waals surface area contributed by atoms with Gasteiger partial charge < -0.3 is 10.1 Å². The van der Waals surface area contributed by atoms with Crippen LogP contribution in [0.25, 0.3) is 0 Å². The Hall–Kier alpha value is -1.55. The van der Waals surface area contributed by atoms with Crippen LogP contribution >= 0.6 is 0 Å². The Morgan fingerprint density at radius 2 is 2.09 bits per heavy atom. The number of rotatable bonds is 7. The molecule has 1 fully saturated rings. The van der Waals surface area contributed by atoms with Crippen molar-refractivity contribution in [3.8, 4) is 5.75 Å². The fourth-order valence-electron chi connectivity index (χ4n) is 2.90. The van der Waals surface area contributed by atoms with Crippen LogP contribution < -0.4 is 10.1 Å². The molecule has 1 unspecified atom stereocenters. The van der Waals surface area contributed by atoms with Gasteiger partial charge in [-0.15, -0.1) is 0 Å². The molecule has 0 saturated carbocycles. The lowest BCUT2D eigenvalue weighted by atomic mass is 10.0. The molecule has 0 aliphatic carbocycles. The molecule has 1 heterocycles. The maximum atomic E-state index is 12.0. The summed E-state index contributed by atoms with van der Waals surface area (Å²) in [5.41, 5.74) is 1.28. The molecule has 0 radical (unpaired) electrons. The first-order chi connectivity index (χ1) is 10.6. The van der Waals surface area contributed by atoms with Gasteiger partial charge in [-0.25, -0.2) is 0 Å². The average molecular weight is 304 g/mol. The Labute approximate surface area is 133 Å². The minimum absolute atomic E-state index is 0.131. The molecule has 1 atom stereocenters. The van der Waals surface area contributed by atoms with Gasteiger partial charge in [0.15, 0.2) is 0 Å². The normalized spacial score (nSPS) is 18.6. The minimum atomic E-state index is 0.131. The Kier molecular flexibility index (Phi) is 6.25. The minimum Gasteiger partial charge on any atom is -0.494 e. The highest BCUT2D eigenvalue weighted by atomic mass is 16.5. The third kappa shape index (κ3) is 4.73. The van der Waals surface area contributed by atoms with E-state index in [9.17, 15) is 4.79 Å². The molecule has 1 saturated heterocycles. The van der Waals surface area contributed by atoms with E-state index < -0.39 is 0 Å². The summed E-state index contributed by atoms with van der Waals surface area (Å²) in [4.78, 5) is 14.3. The molecule has 4 heteroatoms. The van der Waals surface area contributed by atoms with Crippen LogP contribution in [-0.4, -0.2) is 37.0 Å². The van der Waals surface area contributed by atoms with Gasteiger partial charge in [0, 0.05) is 12.6 Å². The van der Waals surface area contributed by atoms with Gasteiger partial charge in [0.25, 0.3) is 0 Å². The van der Waals surface area contributed by atoms with E-state index in [0.29, 0.717) is 25.1 Å². The first kappa shape index (κ1) is 16.8. The number of carbonyl (C=O) groups is 1. The lowest BCUT2D eigenvalue weighted by molar-refractivity contribution is -0.122. The van der Waals surface area contributed by atoms with Crippen LogP contribution in [0, 0.1) is 5.92 Å². The number of nitrogens with zero attached hydrogens (tertiary/aromatic N) is 1. The highest BCUT2D eigenvalue weighted by molar-refractivity contribution is 5.78.